The van der Waals surface area contributed by atoms with Gasteiger partial charge in [0, 0.05) is 26.7 Å². The van der Waals surface area contributed by atoms with Crippen LogP contribution in [0.5, 0.6) is 5.75 Å². The lowest BCUT2D eigenvalue weighted by atomic mass is 10.2. The second-order valence-electron chi connectivity index (χ2n) is 6.71. The summed E-state index contributed by atoms with van der Waals surface area (Å²) in [5.74, 6) is 1.40. The van der Waals surface area contributed by atoms with Crippen molar-refractivity contribution < 1.29 is 4.74 Å². The first kappa shape index (κ1) is 17.4. The molecule has 0 N–H and O–H groups in total. The number of benzene rings is 1. The molecule has 0 saturated heterocycles. The quantitative estimate of drug-likeness (QED) is 0.686. The van der Waals surface area contributed by atoms with Crippen LogP contribution in [0.2, 0.25) is 0 Å². The molecule has 1 aliphatic rings. The van der Waals surface area contributed by atoms with Gasteiger partial charge in [-0.2, -0.15) is 4.98 Å². The lowest BCUT2D eigenvalue weighted by molar-refractivity contribution is 0.415. The van der Waals surface area contributed by atoms with Crippen molar-refractivity contribution in [3.63, 3.8) is 0 Å². The van der Waals surface area contributed by atoms with Crippen molar-refractivity contribution in [1.29, 1.82) is 0 Å². The van der Waals surface area contributed by atoms with Crippen LogP contribution in [-0.4, -0.2) is 32.3 Å². The number of ether oxygens (including phenoxy) is 1. The van der Waals surface area contributed by atoms with Crippen molar-refractivity contribution in [3.05, 3.63) is 45.1 Å². The van der Waals surface area contributed by atoms with Gasteiger partial charge >= 0.3 is 5.69 Å². The third-order valence-corrected chi connectivity index (χ3v) is 5.11. The molecule has 0 fully saturated rings. The maximum atomic E-state index is 13.0. The van der Waals surface area contributed by atoms with Crippen LogP contribution in [0.25, 0.3) is 11.2 Å². The maximum Gasteiger partial charge on any atom is 0.332 e. The number of aromatic nitrogens is 4. The van der Waals surface area contributed by atoms with Crippen molar-refractivity contribution in [2.24, 2.45) is 7.05 Å². The van der Waals surface area contributed by atoms with Crippen LogP contribution in [0.4, 0.5) is 11.6 Å². The van der Waals surface area contributed by atoms with Gasteiger partial charge in [0.15, 0.2) is 11.2 Å². The molecule has 0 atom stereocenters. The SMILES string of the molecule is CCCCn1c(=O)c2c(nc3n2CCN3c2ccccc2OC)n(C)c1=O. The zero-order chi connectivity index (χ0) is 19.1. The minimum absolute atomic E-state index is 0.262. The topological polar surface area (TPSA) is 74.3 Å². The van der Waals surface area contributed by atoms with E-state index in [1.807, 2.05) is 40.7 Å². The van der Waals surface area contributed by atoms with E-state index in [2.05, 4.69) is 4.98 Å². The van der Waals surface area contributed by atoms with Crippen LogP contribution in [-0.2, 0) is 20.1 Å². The first-order valence-electron chi connectivity index (χ1n) is 9.19. The zero-order valence-corrected chi connectivity index (χ0v) is 15.8. The van der Waals surface area contributed by atoms with Gasteiger partial charge in [-0.05, 0) is 18.6 Å². The van der Waals surface area contributed by atoms with E-state index in [-0.39, 0.29) is 11.2 Å². The van der Waals surface area contributed by atoms with Crippen LogP contribution in [0.3, 0.4) is 0 Å². The van der Waals surface area contributed by atoms with Gasteiger partial charge < -0.3 is 14.2 Å². The number of imidazole rings is 1. The highest BCUT2D eigenvalue weighted by Crippen LogP contribution is 2.36. The van der Waals surface area contributed by atoms with Crippen molar-refractivity contribution in [2.45, 2.75) is 32.9 Å². The van der Waals surface area contributed by atoms with Crippen LogP contribution in [0.15, 0.2) is 33.9 Å². The molecular formula is C19H23N5O3. The maximum absolute atomic E-state index is 13.0. The summed E-state index contributed by atoms with van der Waals surface area (Å²) in [4.78, 5) is 32.4. The number of fused-ring (bicyclic) bond motifs is 3. The smallest absolute Gasteiger partial charge is 0.332 e. The highest BCUT2D eigenvalue weighted by atomic mass is 16.5. The fourth-order valence-electron chi connectivity index (χ4n) is 3.67. The van der Waals surface area contributed by atoms with Gasteiger partial charge in [-0.3, -0.25) is 13.9 Å². The van der Waals surface area contributed by atoms with E-state index in [1.54, 1.807) is 14.2 Å². The fraction of sp³-hybridized carbons (Fsp3) is 0.421. The summed E-state index contributed by atoms with van der Waals surface area (Å²) >= 11 is 0. The third kappa shape index (κ3) is 2.55. The molecule has 142 valence electrons. The molecule has 3 aromatic rings. The van der Waals surface area contributed by atoms with Gasteiger partial charge in [0.05, 0.1) is 12.8 Å². The number of rotatable bonds is 5. The van der Waals surface area contributed by atoms with E-state index in [4.69, 9.17) is 4.74 Å². The zero-order valence-electron chi connectivity index (χ0n) is 15.8. The molecule has 27 heavy (non-hydrogen) atoms. The average molecular weight is 369 g/mol. The molecule has 1 aromatic carbocycles. The molecular weight excluding hydrogens is 346 g/mol. The van der Waals surface area contributed by atoms with E-state index in [1.165, 1.54) is 9.13 Å². The molecule has 0 radical (unpaired) electrons. The summed E-state index contributed by atoms with van der Waals surface area (Å²) in [6, 6.07) is 7.72. The highest BCUT2D eigenvalue weighted by Gasteiger charge is 2.29. The van der Waals surface area contributed by atoms with E-state index in [0.29, 0.717) is 36.7 Å². The summed E-state index contributed by atoms with van der Waals surface area (Å²) in [5, 5.41) is 0. The molecule has 0 aliphatic carbocycles. The standard InChI is InChI=1S/C19H23N5O3/c1-4-5-10-24-17(25)15-16(21(2)19(24)26)20-18-22(11-12-23(15)18)13-8-6-7-9-14(13)27-3/h6-9H,4-5,10-12H2,1-3H3. The molecule has 8 nitrogen and oxygen atoms in total. The number of para-hydroxylation sites is 2. The highest BCUT2D eigenvalue weighted by molar-refractivity contribution is 5.79. The van der Waals surface area contributed by atoms with Crippen LogP contribution < -0.4 is 20.9 Å². The van der Waals surface area contributed by atoms with Gasteiger partial charge in [0.1, 0.15) is 5.75 Å². The molecule has 0 spiro atoms. The predicted octanol–water partition coefficient (Wildman–Crippen LogP) is 1.86. The van der Waals surface area contributed by atoms with Gasteiger partial charge in [-0.1, -0.05) is 25.5 Å². The molecule has 4 rings (SSSR count). The molecule has 2 aromatic heterocycles. The van der Waals surface area contributed by atoms with Gasteiger partial charge in [0.2, 0.25) is 5.95 Å². The summed E-state index contributed by atoms with van der Waals surface area (Å²) in [6.07, 6.45) is 1.70. The van der Waals surface area contributed by atoms with E-state index < -0.39 is 0 Å². The lowest BCUT2D eigenvalue weighted by Crippen LogP contribution is -2.39. The van der Waals surface area contributed by atoms with Crippen LogP contribution >= 0.6 is 0 Å². The van der Waals surface area contributed by atoms with Gasteiger partial charge in [0.25, 0.3) is 5.56 Å². The van der Waals surface area contributed by atoms with Crippen molar-refractivity contribution in [3.8, 4) is 5.75 Å². The number of methoxy groups -OCH3 is 1. The largest absolute Gasteiger partial charge is 0.495 e. The lowest BCUT2D eigenvalue weighted by Gasteiger charge is -2.18. The second-order valence-corrected chi connectivity index (χ2v) is 6.71. The Morgan fingerprint density at radius 3 is 2.70 bits per heavy atom. The number of hydrogen-bond acceptors (Lipinski definition) is 5. The van der Waals surface area contributed by atoms with Crippen molar-refractivity contribution >= 4 is 22.8 Å². The molecule has 0 unspecified atom stereocenters. The summed E-state index contributed by atoms with van der Waals surface area (Å²) < 4.78 is 10.2. The first-order chi connectivity index (χ1) is 13.1. The molecule has 0 bridgehead atoms. The Bertz CT molecular complexity index is 1120. The average Bonchev–Trinajstić information content (AvgIpc) is 3.25. The molecule has 0 saturated carbocycles. The van der Waals surface area contributed by atoms with Gasteiger partial charge in [-0.25, -0.2) is 4.79 Å². The Labute approximate surface area is 156 Å². The minimum atomic E-state index is -0.318. The number of nitrogens with zero attached hydrogens (tertiary/aromatic N) is 5. The van der Waals surface area contributed by atoms with Crippen LogP contribution in [0.1, 0.15) is 19.8 Å². The molecule has 8 heteroatoms. The second kappa shape index (κ2) is 6.61. The van der Waals surface area contributed by atoms with E-state index in [0.717, 1.165) is 24.3 Å². The van der Waals surface area contributed by atoms with E-state index in [9.17, 15) is 9.59 Å². The van der Waals surface area contributed by atoms with Gasteiger partial charge in [-0.15, -0.1) is 0 Å². The summed E-state index contributed by atoms with van der Waals surface area (Å²) in [5.41, 5.74) is 1.22. The Kier molecular flexibility index (Phi) is 4.25. The number of unbranched alkanes of at least 4 members (excludes halogenated alkanes) is 1. The van der Waals surface area contributed by atoms with E-state index >= 15 is 0 Å². The summed E-state index contributed by atoms with van der Waals surface area (Å²) in [7, 11) is 3.30. The molecule has 0 amide bonds. The van der Waals surface area contributed by atoms with Crippen LogP contribution in [0, 0.1) is 0 Å². The molecule has 1 aliphatic heterocycles. The van der Waals surface area contributed by atoms with Crippen molar-refractivity contribution in [1.82, 2.24) is 18.7 Å². The third-order valence-electron chi connectivity index (χ3n) is 5.11. The van der Waals surface area contributed by atoms with Crippen molar-refractivity contribution in [2.75, 3.05) is 18.6 Å². The monoisotopic (exact) mass is 369 g/mol. The Hall–Kier alpha value is -3.03. The minimum Gasteiger partial charge on any atom is -0.495 e. The Morgan fingerprint density at radius 1 is 1.19 bits per heavy atom. The molecule has 3 heterocycles. The number of anilines is 2. The normalized spacial score (nSPS) is 13.4. The summed E-state index contributed by atoms with van der Waals surface area (Å²) in [6.45, 7) is 3.78. The predicted molar refractivity (Wildman–Crippen MR) is 104 cm³/mol. The Balaban J connectivity index is 1.93. The fourth-order valence-corrected chi connectivity index (χ4v) is 3.67. The Morgan fingerprint density at radius 2 is 1.96 bits per heavy atom. The number of aryl methyl sites for hydroxylation is 1. The first-order valence-corrected chi connectivity index (χ1v) is 9.19. The number of hydrogen-bond donors (Lipinski definition) is 0.